The first-order valence-corrected chi connectivity index (χ1v) is 15.0. The second kappa shape index (κ2) is 12.8. The van der Waals surface area contributed by atoms with Gasteiger partial charge in [-0.2, -0.15) is 0 Å². The molecule has 6 aromatic heterocycles. The van der Waals surface area contributed by atoms with Crippen molar-refractivity contribution in [3.8, 4) is 0 Å². The number of aliphatic imine (C=N–C) groups is 2. The Kier molecular flexibility index (Phi) is 7.92. The van der Waals surface area contributed by atoms with E-state index in [1.807, 2.05) is 70.3 Å². The van der Waals surface area contributed by atoms with E-state index in [1.54, 1.807) is 40.2 Å². The third-order valence-electron chi connectivity index (χ3n) is 7.43. The summed E-state index contributed by atoms with van der Waals surface area (Å²) in [5.41, 5.74) is 9.72. The van der Waals surface area contributed by atoms with E-state index in [9.17, 15) is 0 Å². The van der Waals surface area contributed by atoms with E-state index in [4.69, 9.17) is 31.3 Å². The van der Waals surface area contributed by atoms with Crippen molar-refractivity contribution < 1.29 is 0 Å². The predicted molar refractivity (Wildman–Crippen MR) is 178 cm³/mol. The van der Waals surface area contributed by atoms with Crippen LogP contribution in [-0.2, 0) is 13.1 Å². The lowest BCUT2D eigenvalue weighted by Crippen LogP contribution is -2.42. The van der Waals surface area contributed by atoms with Crippen LogP contribution in [0, 0.1) is 5.41 Å². The van der Waals surface area contributed by atoms with Crippen LogP contribution in [0.2, 0.25) is 0 Å². The number of fused-ring (bicyclic) bond motifs is 2. The number of nitrogens with zero attached hydrogens (tertiary/aromatic N) is 10. The monoisotopic (exact) mass is 615 g/mol. The Bertz CT molecular complexity index is 2060. The number of hydrogen-bond acceptors (Lipinski definition) is 10. The summed E-state index contributed by atoms with van der Waals surface area (Å²) in [6.07, 6.45) is 18.1. The van der Waals surface area contributed by atoms with Crippen molar-refractivity contribution in [1.82, 2.24) is 43.6 Å². The number of nitrogens with one attached hydrogen (secondary N) is 4. The van der Waals surface area contributed by atoms with Gasteiger partial charge in [0.2, 0.25) is 0 Å². The lowest BCUT2D eigenvalue weighted by molar-refractivity contribution is 0.660. The van der Waals surface area contributed by atoms with Crippen LogP contribution in [0.4, 0.5) is 23.0 Å². The van der Waals surface area contributed by atoms with Gasteiger partial charge in [0.05, 0.1) is 35.1 Å². The molecule has 6 N–H and O–H groups in total. The molecule has 0 aliphatic carbocycles. The molecule has 0 unspecified atom stereocenters. The first-order chi connectivity index (χ1) is 22.6. The fraction of sp³-hybridized carbons (Fsp3) is 0.194. The van der Waals surface area contributed by atoms with Gasteiger partial charge in [0.15, 0.2) is 23.3 Å². The predicted octanol–water partition coefficient (Wildman–Crippen LogP) is 3.61. The number of pyridine rings is 2. The van der Waals surface area contributed by atoms with Crippen LogP contribution in [0.5, 0.6) is 0 Å². The summed E-state index contributed by atoms with van der Waals surface area (Å²) >= 11 is 0. The van der Waals surface area contributed by atoms with Gasteiger partial charge >= 0.3 is 0 Å². The SMILES string of the molecule is N=C1C=C(N)C(=Nc2c(NCCCn3ccnc3)nn3ccccc23)NC1=Nc1c(NCCCn2ccnc2)nn2ccccc12. The fourth-order valence-corrected chi connectivity index (χ4v) is 5.15. The number of hydrogen-bond donors (Lipinski definition) is 5. The smallest absolute Gasteiger partial charge is 0.175 e. The van der Waals surface area contributed by atoms with Crippen molar-refractivity contribution in [3.05, 3.63) is 98.0 Å². The molecule has 0 bridgehead atoms. The average Bonchev–Trinajstić information content (AvgIpc) is 3.88. The highest BCUT2D eigenvalue weighted by Gasteiger charge is 2.22. The van der Waals surface area contributed by atoms with Crippen LogP contribution >= 0.6 is 0 Å². The number of rotatable bonds is 12. The van der Waals surface area contributed by atoms with Crippen LogP contribution in [0.15, 0.2) is 108 Å². The first kappa shape index (κ1) is 28.5. The van der Waals surface area contributed by atoms with E-state index in [-0.39, 0.29) is 5.71 Å². The number of anilines is 2. The van der Waals surface area contributed by atoms with Crippen molar-refractivity contribution in [2.45, 2.75) is 25.9 Å². The lowest BCUT2D eigenvalue weighted by Gasteiger charge is -2.18. The largest absolute Gasteiger partial charge is 0.396 e. The minimum Gasteiger partial charge on any atom is -0.396 e. The van der Waals surface area contributed by atoms with Crippen molar-refractivity contribution in [2.75, 3.05) is 23.7 Å². The molecule has 0 amide bonds. The molecule has 232 valence electrons. The third kappa shape index (κ3) is 6.06. The Balaban J connectivity index is 1.16. The Morgan fingerprint density at radius 1 is 0.739 bits per heavy atom. The molecule has 15 nitrogen and oxygen atoms in total. The topological polar surface area (TPSA) is 181 Å². The lowest BCUT2D eigenvalue weighted by atomic mass is 10.2. The zero-order chi connectivity index (χ0) is 31.3. The molecule has 0 fully saturated rings. The zero-order valence-corrected chi connectivity index (χ0v) is 25.0. The summed E-state index contributed by atoms with van der Waals surface area (Å²) in [5, 5.41) is 28.2. The number of aryl methyl sites for hydroxylation is 2. The molecule has 1 aliphatic heterocycles. The molecule has 0 atom stereocenters. The molecule has 6 aromatic rings. The van der Waals surface area contributed by atoms with Gasteiger partial charge in [-0.25, -0.2) is 29.0 Å². The standard InChI is InChI=1S/C31H33N15/c32-22-19-23(33)29(39-27-25-8-2-4-16-46(25)42-31(27)37-10-6-14-44-18-12-35-21-44)40-28(22)38-26-24-7-1-3-15-45(24)41-30(26)36-9-5-13-43-17-11-34-20-43/h1-4,7-8,11-12,15-21,32H,5-6,9-10,13-14,33H2,(H,36,41)(H,37,42)(H,38,39,40). The summed E-state index contributed by atoms with van der Waals surface area (Å²) in [5.74, 6) is 1.92. The average molecular weight is 616 g/mol. The van der Waals surface area contributed by atoms with Crippen LogP contribution in [0.1, 0.15) is 12.8 Å². The van der Waals surface area contributed by atoms with E-state index in [0.29, 0.717) is 53.5 Å². The summed E-state index contributed by atoms with van der Waals surface area (Å²) in [6.45, 7) is 3.01. The molecule has 15 heteroatoms. The normalized spacial score (nSPS) is 15.1. The highest BCUT2D eigenvalue weighted by molar-refractivity contribution is 6.50. The van der Waals surface area contributed by atoms with Gasteiger partial charge in [0.25, 0.3) is 0 Å². The van der Waals surface area contributed by atoms with Gasteiger partial charge in [-0.05, 0) is 43.2 Å². The van der Waals surface area contributed by atoms with Crippen molar-refractivity contribution in [3.63, 3.8) is 0 Å². The molecule has 46 heavy (non-hydrogen) atoms. The van der Waals surface area contributed by atoms with Gasteiger partial charge in [0, 0.05) is 63.4 Å². The van der Waals surface area contributed by atoms with E-state index in [2.05, 4.69) is 25.9 Å². The Hall–Kier alpha value is -6.25. The van der Waals surface area contributed by atoms with Gasteiger partial charge < -0.3 is 30.8 Å². The molecule has 0 saturated heterocycles. The zero-order valence-electron chi connectivity index (χ0n) is 25.0. The number of amidine groups is 2. The van der Waals surface area contributed by atoms with Crippen molar-refractivity contribution in [2.24, 2.45) is 15.7 Å². The highest BCUT2D eigenvalue weighted by atomic mass is 15.3. The van der Waals surface area contributed by atoms with Gasteiger partial charge in [0.1, 0.15) is 11.4 Å². The number of nitrogens with two attached hydrogens (primary N) is 1. The van der Waals surface area contributed by atoms with E-state index < -0.39 is 0 Å². The van der Waals surface area contributed by atoms with Crippen LogP contribution < -0.4 is 21.7 Å². The first-order valence-electron chi connectivity index (χ1n) is 15.0. The van der Waals surface area contributed by atoms with Gasteiger partial charge in [-0.15, -0.1) is 10.2 Å². The quantitative estimate of drug-likeness (QED) is 0.129. The molecule has 0 radical (unpaired) electrons. The molecule has 1 aliphatic rings. The molecule has 0 saturated carbocycles. The maximum atomic E-state index is 8.69. The summed E-state index contributed by atoms with van der Waals surface area (Å²) in [7, 11) is 0. The second-order valence-electron chi connectivity index (χ2n) is 10.7. The summed E-state index contributed by atoms with van der Waals surface area (Å²) < 4.78 is 7.62. The van der Waals surface area contributed by atoms with Crippen LogP contribution in [-0.4, -0.2) is 68.8 Å². The maximum Gasteiger partial charge on any atom is 0.175 e. The van der Waals surface area contributed by atoms with Crippen LogP contribution in [0.25, 0.3) is 11.0 Å². The van der Waals surface area contributed by atoms with Gasteiger partial charge in [-0.1, -0.05) is 12.1 Å². The van der Waals surface area contributed by atoms with E-state index in [0.717, 1.165) is 37.0 Å². The Labute approximate surface area is 263 Å². The summed E-state index contributed by atoms with van der Waals surface area (Å²) in [4.78, 5) is 18.0. The highest BCUT2D eigenvalue weighted by Crippen LogP contribution is 2.32. The van der Waals surface area contributed by atoms with Crippen LogP contribution in [0.3, 0.4) is 0 Å². The van der Waals surface area contributed by atoms with Crippen molar-refractivity contribution in [1.29, 1.82) is 5.41 Å². The summed E-state index contributed by atoms with van der Waals surface area (Å²) in [6, 6.07) is 11.6. The van der Waals surface area contributed by atoms with E-state index >= 15 is 0 Å². The van der Waals surface area contributed by atoms with Gasteiger partial charge in [-0.3, -0.25) is 5.41 Å². The molecule has 0 spiro atoms. The van der Waals surface area contributed by atoms with E-state index in [1.165, 1.54) is 0 Å². The Morgan fingerprint density at radius 3 is 1.80 bits per heavy atom. The molecular formula is C31H33N15. The fourth-order valence-electron chi connectivity index (χ4n) is 5.15. The molecule has 7 heterocycles. The minimum absolute atomic E-state index is 0.135. The number of aromatic nitrogens is 8. The Morgan fingerprint density at radius 2 is 1.28 bits per heavy atom. The second-order valence-corrected chi connectivity index (χ2v) is 10.7. The molecular weight excluding hydrogens is 582 g/mol. The minimum atomic E-state index is 0.135. The maximum absolute atomic E-state index is 8.69. The number of imidazole rings is 2. The molecule has 0 aromatic carbocycles. The van der Waals surface area contributed by atoms with Crippen molar-refractivity contribution >= 4 is 51.4 Å². The third-order valence-corrected chi connectivity index (χ3v) is 7.43. The molecule has 7 rings (SSSR count).